The standard InChI is InChI=1S/C15H20N4O.ClH/c1-11-8-12(2)19(18-11)10-13-4-3-5-14(9-13)15(20)17-7-6-16;/h3-5,8-9H,6-7,10,16H2,1-2H3,(H,17,20);1H. The Hall–Kier alpha value is -1.85. The number of rotatable bonds is 5. The van der Waals surface area contributed by atoms with Gasteiger partial charge in [0, 0.05) is 24.3 Å². The largest absolute Gasteiger partial charge is 0.351 e. The highest BCUT2D eigenvalue weighted by molar-refractivity contribution is 5.94. The van der Waals surface area contributed by atoms with Crippen LogP contribution in [0.5, 0.6) is 0 Å². The number of hydrogen-bond donors (Lipinski definition) is 2. The van der Waals surface area contributed by atoms with Gasteiger partial charge in [-0.25, -0.2) is 0 Å². The van der Waals surface area contributed by atoms with Gasteiger partial charge in [0.1, 0.15) is 0 Å². The quantitative estimate of drug-likeness (QED) is 0.882. The van der Waals surface area contributed by atoms with Gasteiger partial charge in [0.25, 0.3) is 5.91 Å². The van der Waals surface area contributed by atoms with E-state index in [1.54, 1.807) is 6.07 Å². The molecule has 0 atom stereocenters. The van der Waals surface area contributed by atoms with E-state index in [1.165, 1.54) is 0 Å². The van der Waals surface area contributed by atoms with Crippen LogP contribution in [0.4, 0.5) is 0 Å². The Morgan fingerprint density at radius 2 is 2.10 bits per heavy atom. The third-order valence-electron chi connectivity index (χ3n) is 3.05. The lowest BCUT2D eigenvalue weighted by Gasteiger charge is -2.07. The zero-order valence-corrected chi connectivity index (χ0v) is 13.1. The molecule has 21 heavy (non-hydrogen) atoms. The predicted molar refractivity (Wildman–Crippen MR) is 85.9 cm³/mol. The third kappa shape index (κ3) is 4.58. The highest BCUT2D eigenvalue weighted by atomic mass is 35.5. The van der Waals surface area contributed by atoms with Crippen LogP contribution in [0.2, 0.25) is 0 Å². The summed E-state index contributed by atoms with van der Waals surface area (Å²) >= 11 is 0. The van der Waals surface area contributed by atoms with Gasteiger partial charge in [-0.15, -0.1) is 12.4 Å². The molecule has 1 aromatic carbocycles. The van der Waals surface area contributed by atoms with Gasteiger partial charge in [0.05, 0.1) is 12.2 Å². The van der Waals surface area contributed by atoms with Crippen LogP contribution in [-0.2, 0) is 6.54 Å². The molecule has 2 rings (SSSR count). The summed E-state index contributed by atoms with van der Waals surface area (Å²) in [5, 5.41) is 7.20. The summed E-state index contributed by atoms with van der Waals surface area (Å²) in [5.41, 5.74) is 9.19. The van der Waals surface area contributed by atoms with E-state index in [0.717, 1.165) is 17.0 Å². The molecule has 1 amide bonds. The fraction of sp³-hybridized carbons (Fsp3) is 0.333. The fourth-order valence-corrected chi connectivity index (χ4v) is 2.11. The van der Waals surface area contributed by atoms with Gasteiger partial charge in [-0.2, -0.15) is 5.10 Å². The molecule has 0 unspecified atom stereocenters. The maximum absolute atomic E-state index is 11.9. The highest BCUT2D eigenvalue weighted by Crippen LogP contribution is 2.10. The van der Waals surface area contributed by atoms with E-state index < -0.39 is 0 Å². The van der Waals surface area contributed by atoms with Gasteiger partial charge >= 0.3 is 0 Å². The lowest BCUT2D eigenvalue weighted by atomic mass is 10.1. The summed E-state index contributed by atoms with van der Waals surface area (Å²) in [6, 6.07) is 9.62. The van der Waals surface area contributed by atoms with Crippen LogP contribution >= 0.6 is 12.4 Å². The molecule has 0 aliphatic heterocycles. The van der Waals surface area contributed by atoms with Crippen molar-refractivity contribution in [3.8, 4) is 0 Å². The minimum atomic E-state index is -0.0920. The summed E-state index contributed by atoms with van der Waals surface area (Å²) in [7, 11) is 0. The maximum atomic E-state index is 11.9. The summed E-state index contributed by atoms with van der Waals surface area (Å²) in [6.45, 7) is 5.59. The zero-order chi connectivity index (χ0) is 14.5. The molecule has 5 nitrogen and oxygen atoms in total. The summed E-state index contributed by atoms with van der Waals surface area (Å²) in [5.74, 6) is -0.0920. The van der Waals surface area contributed by atoms with Crippen molar-refractivity contribution in [3.63, 3.8) is 0 Å². The first-order chi connectivity index (χ1) is 9.60. The SMILES string of the molecule is Cc1cc(C)n(Cc2cccc(C(=O)NCCN)c2)n1.Cl. The lowest BCUT2D eigenvalue weighted by molar-refractivity contribution is 0.0954. The highest BCUT2D eigenvalue weighted by Gasteiger charge is 2.07. The molecule has 0 saturated carbocycles. The second-order valence-corrected chi connectivity index (χ2v) is 4.83. The van der Waals surface area contributed by atoms with Crippen LogP contribution in [0.15, 0.2) is 30.3 Å². The van der Waals surface area contributed by atoms with Gasteiger partial charge in [-0.05, 0) is 37.6 Å². The molecule has 0 aliphatic carbocycles. The summed E-state index contributed by atoms with van der Waals surface area (Å²) < 4.78 is 1.94. The number of aromatic nitrogens is 2. The van der Waals surface area contributed by atoms with Crippen molar-refractivity contribution < 1.29 is 4.79 Å². The number of aryl methyl sites for hydroxylation is 2. The fourth-order valence-electron chi connectivity index (χ4n) is 2.11. The molecule has 0 aliphatic rings. The van der Waals surface area contributed by atoms with Gasteiger partial charge in [0.15, 0.2) is 0 Å². The molecule has 2 aromatic rings. The normalized spacial score (nSPS) is 10.0. The van der Waals surface area contributed by atoms with Gasteiger partial charge in [-0.3, -0.25) is 9.48 Å². The minimum Gasteiger partial charge on any atom is -0.351 e. The van der Waals surface area contributed by atoms with Crippen molar-refractivity contribution in [3.05, 3.63) is 52.8 Å². The Balaban J connectivity index is 0.00000220. The van der Waals surface area contributed by atoms with E-state index in [2.05, 4.69) is 10.4 Å². The second-order valence-electron chi connectivity index (χ2n) is 4.83. The predicted octanol–water partition coefficient (Wildman–Crippen LogP) is 1.66. The van der Waals surface area contributed by atoms with Crippen molar-refractivity contribution in [1.29, 1.82) is 0 Å². The van der Waals surface area contributed by atoms with Gasteiger partial charge in [-0.1, -0.05) is 12.1 Å². The number of benzene rings is 1. The van der Waals surface area contributed by atoms with Crippen molar-refractivity contribution in [2.24, 2.45) is 5.73 Å². The number of amides is 1. The zero-order valence-electron chi connectivity index (χ0n) is 12.3. The number of nitrogens with two attached hydrogens (primary N) is 1. The molecule has 6 heteroatoms. The van der Waals surface area contributed by atoms with Crippen molar-refractivity contribution in [2.75, 3.05) is 13.1 Å². The first-order valence-electron chi connectivity index (χ1n) is 6.68. The van der Waals surface area contributed by atoms with E-state index in [9.17, 15) is 4.79 Å². The van der Waals surface area contributed by atoms with Crippen LogP contribution in [0.3, 0.4) is 0 Å². The number of carbonyl (C=O) groups is 1. The molecule has 0 bridgehead atoms. The summed E-state index contributed by atoms with van der Waals surface area (Å²) in [4.78, 5) is 11.9. The van der Waals surface area contributed by atoms with Crippen molar-refractivity contribution in [1.82, 2.24) is 15.1 Å². The Bertz CT molecular complexity index is 609. The molecule has 3 N–H and O–H groups in total. The van der Waals surface area contributed by atoms with Crippen molar-refractivity contribution in [2.45, 2.75) is 20.4 Å². The molecule has 0 spiro atoms. The smallest absolute Gasteiger partial charge is 0.251 e. The van der Waals surface area contributed by atoms with Gasteiger partial charge < -0.3 is 11.1 Å². The number of nitrogens with one attached hydrogen (secondary N) is 1. The van der Waals surface area contributed by atoms with Crippen LogP contribution in [0.1, 0.15) is 27.3 Å². The molecule has 0 fully saturated rings. The minimum absolute atomic E-state index is 0. The molecular weight excluding hydrogens is 288 g/mol. The topological polar surface area (TPSA) is 72.9 Å². The third-order valence-corrected chi connectivity index (χ3v) is 3.05. The van der Waals surface area contributed by atoms with Gasteiger partial charge in [0.2, 0.25) is 0 Å². The number of hydrogen-bond acceptors (Lipinski definition) is 3. The Kier molecular flexibility index (Phi) is 6.39. The number of nitrogens with zero attached hydrogens (tertiary/aromatic N) is 2. The Morgan fingerprint density at radius 3 is 2.71 bits per heavy atom. The first-order valence-corrected chi connectivity index (χ1v) is 6.68. The average Bonchev–Trinajstić information content (AvgIpc) is 2.74. The van der Waals surface area contributed by atoms with Crippen molar-refractivity contribution >= 4 is 18.3 Å². The molecule has 1 heterocycles. The van der Waals surface area contributed by atoms with E-state index in [1.807, 2.05) is 42.8 Å². The first kappa shape index (κ1) is 17.2. The molecule has 0 radical (unpaired) electrons. The molecule has 114 valence electrons. The maximum Gasteiger partial charge on any atom is 0.251 e. The monoisotopic (exact) mass is 308 g/mol. The average molecular weight is 309 g/mol. The molecular formula is C15H21ClN4O. The second kappa shape index (κ2) is 7.81. The Morgan fingerprint density at radius 1 is 1.33 bits per heavy atom. The number of carbonyl (C=O) groups excluding carboxylic acids is 1. The van der Waals surface area contributed by atoms with E-state index in [-0.39, 0.29) is 18.3 Å². The molecule has 1 aromatic heterocycles. The van der Waals surface area contributed by atoms with E-state index in [0.29, 0.717) is 25.2 Å². The molecule has 0 saturated heterocycles. The van der Waals surface area contributed by atoms with Crippen LogP contribution in [-0.4, -0.2) is 28.8 Å². The van der Waals surface area contributed by atoms with E-state index in [4.69, 9.17) is 5.73 Å². The Labute approximate surface area is 130 Å². The van der Waals surface area contributed by atoms with Crippen LogP contribution in [0, 0.1) is 13.8 Å². The summed E-state index contributed by atoms with van der Waals surface area (Å²) in [6.07, 6.45) is 0. The van der Waals surface area contributed by atoms with Crippen LogP contribution < -0.4 is 11.1 Å². The van der Waals surface area contributed by atoms with E-state index >= 15 is 0 Å². The lowest BCUT2D eigenvalue weighted by Crippen LogP contribution is -2.29. The van der Waals surface area contributed by atoms with Crippen LogP contribution in [0.25, 0.3) is 0 Å². The number of halogens is 1.